The molecule has 0 aromatic carbocycles. The molecule has 0 aromatic heterocycles. The van der Waals surface area contributed by atoms with Crippen LogP contribution in [0.15, 0.2) is 0 Å². The summed E-state index contributed by atoms with van der Waals surface area (Å²) in [6.07, 6.45) is 3.27. The number of piperidine rings is 1. The lowest BCUT2D eigenvalue weighted by molar-refractivity contribution is 0.191. The molecule has 1 atom stereocenters. The largest absolute Gasteiger partial charge is 0.396 e. The zero-order valence-electron chi connectivity index (χ0n) is 12.3. The second kappa shape index (κ2) is 9.15. The third kappa shape index (κ3) is 7.38. The normalized spacial score (nSPS) is 19.1. The van der Waals surface area contributed by atoms with E-state index in [0.29, 0.717) is 19.0 Å². The van der Waals surface area contributed by atoms with Crippen molar-refractivity contribution in [1.29, 1.82) is 0 Å². The molecule has 19 heavy (non-hydrogen) atoms. The highest BCUT2D eigenvalue weighted by Gasteiger charge is 2.15. The first kappa shape index (κ1) is 16.2. The van der Waals surface area contributed by atoms with Gasteiger partial charge in [0.15, 0.2) is 0 Å². The minimum atomic E-state index is -0.102. The molecule has 1 aliphatic rings. The summed E-state index contributed by atoms with van der Waals surface area (Å²) in [7, 11) is 0. The van der Waals surface area contributed by atoms with Gasteiger partial charge in [0, 0.05) is 26.2 Å². The average molecular weight is 271 g/mol. The predicted octanol–water partition coefficient (Wildman–Crippen LogP) is 1.04. The Morgan fingerprint density at radius 1 is 1.37 bits per heavy atom. The van der Waals surface area contributed by atoms with E-state index in [2.05, 4.69) is 22.5 Å². The number of nitrogens with one attached hydrogen (secondary N) is 2. The number of carbonyl (C=O) groups is 1. The van der Waals surface area contributed by atoms with Crippen LogP contribution in [0.25, 0.3) is 0 Å². The van der Waals surface area contributed by atoms with Gasteiger partial charge in [0.25, 0.3) is 0 Å². The molecule has 112 valence electrons. The first-order chi connectivity index (χ1) is 9.11. The Kier molecular flexibility index (Phi) is 7.82. The van der Waals surface area contributed by atoms with Crippen molar-refractivity contribution in [3.63, 3.8) is 0 Å². The highest BCUT2D eigenvalue weighted by molar-refractivity contribution is 5.73. The summed E-state index contributed by atoms with van der Waals surface area (Å²) in [6.45, 7) is 9.06. The number of carbonyl (C=O) groups excluding carboxylic acids is 1. The quantitative estimate of drug-likeness (QED) is 0.648. The molecule has 5 nitrogen and oxygen atoms in total. The van der Waals surface area contributed by atoms with E-state index in [1.807, 2.05) is 6.92 Å². The van der Waals surface area contributed by atoms with Crippen LogP contribution >= 0.6 is 0 Å². The lowest BCUT2D eigenvalue weighted by Crippen LogP contribution is -2.43. The molecule has 5 heteroatoms. The third-order valence-corrected chi connectivity index (χ3v) is 3.82. The number of hydrogen-bond donors (Lipinski definition) is 3. The molecule has 1 unspecified atom stereocenters. The SMILES string of the molecule is CC1CCN(CCNC(=O)NCC(C)CCO)CC1. The molecular weight excluding hydrogens is 242 g/mol. The summed E-state index contributed by atoms with van der Waals surface area (Å²) in [6, 6.07) is -0.102. The van der Waals surface area contributed by atoms with Crippen LogP contribution in [0.2, 0.25) is 0 Å². The smallest absolute Gasteiger partial charge is 0.314 e. The zero-order valence-corrected chi connectivity index (χ0v) is 12.3. The Balaban J connectivity index is 2.01. The molecule has 1 aliphatic heterocycles. The molecule has 0 bridgehead atoms. The molecule has 3 N–H and O–H groups in total. The minimum absolute atomic E-state index is 0.102. The van der Waals surface area contributed by atoms with Crippen molar-refractivity contribution in [3.05, 3.63) is 0 Å². The van der Waals surface area contributed by atoms with Crippen molar-refractivity contribution >= 4 is 6.03 Å². The van der Waals surface area contributed by atoms with E-state index in [4.69, 9.17) is 5.11 Å². The summed E-state index contributed by atoms with van der Waals surface area (Å²) in [4.78, 5) is 14.0. The van der Waals surface area contributed by atoms with Gasteiger partial charge in [0.1, 0.15) is 0 Å². The van der Waals surface area contributed by atoms with Crippen molar-refractivity contribution in [1.82, 2.24) is 15.5 Å². The number of hydrogen-bond acceptors (Lipinski definition) is 3. The van der Waals surface area contributed by atoms with E-state index in [9.17, 15) is 4.79 Å². The molecule has 0 spiro atoms. The molecule has 2 amide bonds. The van der Waals surface area contributed by atoms with Crippen molar-refractivity contribution in [2.75, 3.05) is 39.3 Å². The topological polar surface area (TPSA) is 64.6 Å². The van der Waals surface area contributed by atoms with Gasteiger partial charge in [-0.25, -0.2) is 4.79 Å². The monoisotopic (exact) mass is 271 g/mol. The van der Waals surface area contributed by atoms with E-state index < -0.39 is 0 Å². The van der Waals surface area contributed by atoms with E-state index in [1.54, 1.807) is 0 Å². The number of aliphatic hydroxyl groups is 1. The lowest BCUT2D eigenvalue weighted by Gasteiger charge is -2.30. The number of likely N-dealkylation sites (tertiary alicyclic amines) is 1. The van der Waals surface area contributed by atoms with Gasteiger partial charge in [-0.2, -0.15) is 0 Å². The van der Waals surface area contributed by atoms with Gasteiger partial charge in [-0.05, 0) is 44.2 Å². The summed E-state index contributed by atoms with van der Waals surface area (Å²) >= 11 is 0. The minimum Gasteiger partial charge on any atom is -0.396 e. The molecule has 0 aliphatic carbocycles. The fourth-order valence-electron chi connectivity index (χ4n) is 2.27. The number of rotatable bonds is 7. The second-order valence-electron chi connectivity index (χ2n) is 5.78. The maximum absolute atomic E-state index is 11.5. The van der Waals surface area contributed by atoms with Crippen molar-refractivity contribution in [3.8, 4) is 0 Å². The van der Waals surface area contributed by atoms with Gasteiger partial charge < -0.3 is 20.6 Å². The van der Waals surface area contributed by atoms with Crippen LogP contribution in [0.1, 0.15) is 33.1 Å². The molecule has 1 saturated heterocycles. The van der Waals surface area contributed by atoms with Gasteiger partial charge in [0.05, 0.1) is 0 Å². The van der Waals surface area contributed by atoms with E-state index >= 15 is 0 Å². The van der Waals surface area contributed by atoms with Crippen LogP contribution in [0.3, 0.4) is 0 Å². The third-order valence-electron chi connectivity index (χ3n) is 3.82. The van der Waals surface area contributed by atoms with Crippen LogP contribution < -0.4 is 10.6 Å². The number of aliphatic hydroxyl groups excluding tert-OH is 1. The maximum atomic E-state index is 11.5. The first-order valence-electron chi connectivity index (χ1n) is 7.46. The molecule has 1 fully saturated rings. The highest BCUT2D eigenvalue weighted by Crippen LogP contribution is 2.14. The van der Waals surface area contributed by atoms with Crippen LogP contribution in [0, 0.1) is 11.8 Å². The fourth-order valence-corrected chi connectivity index (χ4v) is 2.27. The highest BCUT2D eigenvalue weighted by atomic mass is 16.3. The Morgan fingerprint density at radius 3 is 2.68 bits per heavy atom. The Bertz CT molecular complexity index is 253. The number of amides is 2. The summed E-state index contributed by atoms with van der Waals surface area (Å²) < 4.78 is 0. The lowest BCUT2D eigenvalue weighted by atomic mass is 9.99. The van der Waals surface area contributed by atoms with Gasteiger partial charge >= 0.3 is 6.03 Å². The molecular formula is C14H29N3O2. The van der Waals surface area contributed by atoms with Gasteiger partial charge in [-0.1, -0.05) is 13.8 Å². The van der Waals surface area contributed by atoms with E-state index in [1.165, 1.54) is 12.8 Å². The van der Waals surface area contributed by atoms with E-state index in [0.717, 1.165) is 32.0 Å². The summed E-state index contributed by atoms with van der Waals surface area (Å²) in [5.41, 5.74) is 0. The summed E-state index contributed by atoms with van der Waals surface area (Å²) in [5, 5.41) is 14.5. The van der Waals surface area contributed by atoms with Crippen LogP contribution in [-0.4, -0.2) is 55.4 Å². The van der Waals surface area contributed by atoms with Crippen LogP contribution in [0.4, 0.5) is 4.79 Å². The van der Waals surface area contributed by atoms with Gasteiger partial charge in [-0.15, -0.1) is 0 Å². The summed E-state index contributed by atoms with van der Waals surface area (Å²) in [5.74, 6) is 1.17. The van der Waals surface area contributed by atoms with Crippen LogP contribution in [0.5, 0.6) is 0 Å². The average Bonchev–Trinajstić information content (AvgIpc) is 2.39. The van der Waals surface area contributed by atoms with Crippen molar-refractivity contribution in [2.45, 2.75) is 33.1 Å². The molecule has 0 saturated carbocycles. The Morgan fingerprint density at radius 2 is 2.05 bits per heavy atom. The van der Waals surface area contributed by atoms with Crippen LogP contribution in [-0.2, 0) is 0 Å². The zero-order chi connectivity index (χ0) is 14.1. The standard InChI is InChI=1S/C14H29N3O2/c1-12-3-7-17(8-4-12)9-6-15-14(19)16-11-13(2)5-10-18/h12-13,18H,3-11H2,1-2H3,(H2,15,16,19). The number of nitrogens with zero attached hydrogens (tertiary/aromatic N) is 1. The maximum Gasteiger partial charge on any atom is 0.314 e. The number of urea groups is 1. The Labute approximate surface area is 116 Å². The first-order valence-corrected chi connectivity index (χ1v) is 7.46. The molecule has 1 rings (SSSR count). The fraction of sp³-hybridized carbons (Fsp3) is 0.929. The van der Waals surface area contributed by atoms with Gasteiger partial charge in [-0.3, -0.25) is 0 Å². The van der Waals surface area contributed by atoms with Crippen molar-refractivity contribution in [2.24, 2.45) is 11.8 Å². The molecule has 0 aromatic rings. The second-order valence-corrected chi connectivity index (χ2v) is 5.78. The van der Waals surface area contributed by atoms with E-state index in [-0.39, 0.29) is 12.6 Å². The molecule has 1 heterocycles. The molecule has 0 radical (unpaired) electrons. The predicted molar refractivity (Wildman–Crippen MR) is 77.1 cm³/mol. The Hall–Kier alpha value is -0.810. The van der Waals surface area contributed by atoms with Crippen molar-refractivity contribution < 1.29 is 9.90 Å². The van der Waals surface area contributed by atoms with Gasteiger partial charge in [0.2, 0.25) is 0 Å².